The number of benzene rings is 1. The monoisotopic (exact) mass is 319 g/mol. The van der Waals surface area contributed by atoms with Crippen LogP contribution in [-0.4, -0.2) is 28.5 Å². The van der Waals surface area contributed by atoms with Crippen LogP contribution in [0.4, 0.5) is 17.5 Å². The Morgan fingerprint density at radius 2 is 1.75 bits per heavy atom. The van der Waals surface area contributed by atoms with Crippen LogP contribution in [0.3, 0.4) is 0 Å². The Hall–Kier alpha value is -2.95. The maximum Gasteiger partial charge on any atom is 0.227 e. The molecule has 0 spiro atoms. The van der Waals surface area contributed by atoms with E-state index in [1.165, 1.54) is 5.56 Å². The molecule has 122 valence electrons. The van der Waals surface area contributed by atoms with E-state index in [4.69, 9.17) is 0 Å². The summed E-state index contributed by atoms with van der Waals surface area (Å²) in [5.74, 6) is 1.53. The predicted octanol–water partition coefficient (Wildman–Crippen LogP) is 3.60. The van der Waals surface area contributed by atoms with Gasteiger partial charge in [-0.05, 0) is 43.2 Å². The fraction of sp³-hybridized carbons (Fsp3) is 0.211. The number of hydrogen-bond acceptors (Lipinski definition) is 5. The molecule has 0 saturated carbocycles. The van der Waals surface area contributed by atoms with Crippen LogP contribution in [0.1, 0.15) is 11.3 Å². The average molecular weight is 319 g/mol. The zero-order valence-corrected chi connectivity index (χ0v) is 14.0. The van der Waals surface area contributed by atoms with Crippen molar-refractivity contribution in [3.05, 3.63) is 72.2 Å². The number of nitrogens with one attached hydrogen (secondary N) is 1. The molecule has 2 heterocycles. The molecule has 0 bridgehead atoms. The van der Waals surface area contributed by atoms with Crippen molar-refractivity contribution in [3.63, 3.8) is 0 Å². The van der Waals surface area contributed by atoms with Crippen LogP contribution in [0, 0.1) is 6.92 Å². The van der Waals surface area contributed by atoms with Gasteiger partial charge in [0, 0.05) is 43.4 Å². The first-order valence-electron chi connectivity index (χ1n) is 7.98. The van der Waals surface area contributed by atoms with E-state index >= 15 is 0 Å². The van der Waals surface area contributed by atoms with Crippen LogP contribution in [-0.2, 0) is 6.42 Å². The Kier molecular flexibility index (Phi) is 5.01. The van der Waals surface area contributed by atoms with Crippen LogP contribution in [0.2, 0.25) is 0 Å². The second kappa shape index (κ2) is 7.55. The topological polar surface area (TPSA) is 53.9 Å². The SMILES string of the molecule is Cc1cc(Nc2ccccc2)nc(N(C)CCc2ccncc2)n1. The highest BCUT2D eigenvalue weighted by molar-refractivity contribution is 5.57. The second-order valence-electron chi connectivity index (χ2n) is 5.71. The number of pyridine rings is 1. The number of hydrogen-bond donors (Lipinski definition) is 1. The van der Waals surface area contributed by atoms with Crippen molar-refractivity contribution < 1.29 is 0 Å². The number of aromatic nitrogens is 3. The first-order chi connectivity index (χ1) is 11.7. The fourth-order valence-electron chi connectivity index (χ4n) is 2.40. The zero-order chi connectivity index (χ0) is 16.8. The molecule has 1 N–H and O–H groups in total. The third kappa shape index (κ3) is 4.29. The van der Waals surface area contributed by atoms with E-state index < -0.39 is 0 Å². The Balaban J connectivity index is 1.70. The van der Waals surface area contributed by atoms with Crippen LogP contribution in [0.25, 0.3) is 0 Å². The highest BCUT2D eigenvalue weighted by atomic mass is 15.2. The summed E-state index contributed by atoms with van der Waals surface area (Å²) in [5, 5.41) is 3.33. The predicted molar refractivity (Wildman–Crippen MR) is 97.7 cm³/mol. The van der Waals surface area contributed by atoms with Gasteiger partial charge in [0.15, 0.2) is 0 Å². The lowest BCUT2D eigenvalue weighted by Gasteiger charge is -2.18. The van der Waals surface area contributed by atoms with E-state index in [2.05, 4.69) is 25.2 Å². The standard InChI is InChI=1S/C19H21N5/c1-15-14-18(22-17-6-4-3-5-7-17)23-19(21-15)24(2)13-10-16-8-11-20-12-9-16/h3-9,11-12,14H,10,13H2,1-2H3,(H,21,22,23). The first kappa shape index (κ1) is 15.9. The Bertz CT molecular complexity index is 774. The lowest BCUT2D eigenvalue weighted by atomic mass is 10.2. The van der Waals surface area contributed by atoms with E-state index in [-0.39, 0.29) is 0 Å². The average Bonchev–Trinajstić information content (AvgIpc) is 2.61. The van der Waals surface area contributed by atoms with Crippen molar-refractivity contribution in [2.24, 2.45) is 0 Å². The maximum atomic E-state index is 4.63. The smallest absolute Gasteiger partial charge is 0.227 e. The van der Waals surface area contributed by atoms with Crippen molar-refractivity contribution in [1.82, 2.24) is 15.0 Å². The number of nitrogens with zero attached hydrogens (tertiary/aromatic N) is 4. The van der Waals surface area contributed by atoms with Gasteiger partial charge in [0.1, 0.15) is 5.82 Å². The number of rotatable bonds is 6. The Morgan fingerprint density at radius 1 is 1.00 bits per heavy atom. The molecule has 0 aliphatic carbocycles. The number of anilines is 3. The molecular formula is C19H21N5. The van der Waals surface area contributed by atoms with Gasteiger partial charge >= 0.3 is 0 Å². The summed E-state index contributed by atoms with van der Waals surface area (Å²) in [5.41, 5.74) is 3.21. The van der Waals surface area contributed by atoms with Gasteiger partial charge in [-0.2, -0.15) is 4.98 Å². The third-order valence-electron chi connectivity index (χ3n) is 3.72. The van der Waals surface area contributed by atoms with Gasteiger partial charge in [-0.15, -0.1) is 0 Å². The van der Waals surface area contributed by atoms with E-state index in [0.717, 1.165) is 36.1 Å². The molecule has 0 aliphatic heterocycles. The quantitative estimate of drug-likeness (QED) is 0.752. The summed E-state index contributed by atoms with van der Waals surface area (Å²) in [4.78, 5) is 15.3. The third-order valence-corrected chi connectivity index (χ3v) is 3.72. The summed E-state index contributed by atoms with van der Waals surface area (Å²) in [7, 11) is 2.02. The van der Waals surface area contributed by atoms with Gasteiger partial charge in [0.2, 0.25) is 5.95 Å². The minimum Gasteiger partial charge on any atom is -0.343 e. The minimum atomic E-state index is 0.725. The largest absolute Gasteiger partial charge is 0.343 e. The van der Waals surface area contributed by atoms with Crippen molar-refractivity contribution in [2.75, 3.05) is 23.8 Å². The van der Waals surface area contributed by atoms with Crippen molar-refractivity contribution in [3.8, 4) is 0 Å². The molecule has 0 atom stereocenters. The summed E-state index contributed by atoms with van der Waals surface area (Å²) >= 11 is 0. The minimum absolute atomic E-state index is 0.725. The van der Waals surface area contributed by atoms with Crippen LogP contribution in [0.5, 0.6) is 0 Å². The Labute approximate surface area is 142 Å². The summed E-state index contributed by atoms with van der Waals surface area (Å²) in [6, 6.07) is 16.0. The lowest BCUT2D eigenvalue weighted by molar-refractivity contribution is 0.833. The normalized spacial score (nSPS) is 10.4. The highest BCUT2D eigenvalue weighted by Gasteiger charge is 2.08. The van der Waals surface area contributed by atoms with Gasteiger partial charge in [-0.25, -0.2) is 4.98 Å². The van der Waals surface area contributed by atoms with Gasteiger partial charge in [0.25, 0.3) is 0 Å². The molecular weight excluding hydrogens is 298 g/mol. The molecule has 5 nitrogen and oxygen atoms in total. The van der Waals surface area contributed by atoms with Crippen LogP contribution < -0.4 is 10.2 Å². The maximum absolute atomic E-state index is 4.63. The van der Waals surface area contributed by atoms with Crippen molar-refractivity contribution in [1.29, 1.82) is 0 Å². The summed E-state index contributed by atoms with van der Waals surface area (Å²) < 4.78 is 0. The molecule has 3 rings (SSSR count). The molecule has 0 aliphatic rings. The van der Waals surface area contributed by atoms with E-state index in [0.29, 0.717) is 0 Å². The molecule has 0 saturated heterocycles. The van der Waals surface area contributed by atoms with Crippen molar-refractivity contribution >= 4 is 17.5 Å². The lowest BCUT2D eigenvalue weighted by Crippen LogP contribution is -2.23. The second-order valence-corrected chi connectivity index (χ2v) is 5.71. The molecule has 0 amide bonds. The molecule has 24 heavy (non-hydrogen) atoms. The summed E-state index contributed by atoms with van der Waals surface area (Å²) in [6.45, 7) is 2.83. The van der Waals surface area contributed by atoms with Gasteiger partial charge in [-0.1, -0.05) is 18.2 Å². The molecule has 5 heteroatoms. The number of para-hydroxylation sites is 1. The van der Waals surface area contributed by atoms with Crippen molar-refractivity contribution in [2.45, 2.75) is 13.3 Å². The number of likely N-dealkylation sites (N-methyl/N-ethyl adjacent to an activating group) is 1. The van der Waals surface area contributed by atoms with E-state index in [1.807, 2.05) is 74.9 Å². The number of aryl methyl sites for hydroxylation is 1. The molecule has 0 fully saturated rings. The molecule has 2 aromatic heterocycles. The highest BCUT2D eigenvalue weighted by Crippen LogP contribution is 2.18. The van der Waals surface area contributed by atoms with E-state index in [9.17, 15) is 0 Å². The van der Waals surface area contributed by atoms with E-state index in [1.54, 1.807) is 0 Å². The fourth-order valence-corrected chi connectivity index (χ4v) is 2.40. The molecule has 3 aromatic rings. The van der Waals surface area contributed by atoms with Crippen LogP contribution >= 0.6 is 0 Å². The van der Waals surface area contributed by atoms with Gasteiger partial charge < -0.3 is 10.2 Å². The van der Waals surface area contributed by atoms with Gasteiger partial charge in [-0.3, -0.25) is 4.98 Å². The zero-order valence-electron chi connectivity index (χ0n) is 14.0. The molecule has 1 aromatic carbocycles. The summed E-state index contributed by atoms with van der Waals surface area (Å²) in [6.07, 6.45) is 4.57. The first-order valence-corrected chi connectivity index (χ1v) is 7.98. The van der Waals surface area contributed by atoms with Crippen LogP contribution in [0.15, 0.2) is 60.9 Å². The Morgan fingerprint density at radius 3 is 2.50 bits per heavy atom. The molecule has 0 unspecified atom stereocenters. The molecule has 0 radical (unpaired) electrons. The van der Waals surface area contributed by atoms with Gasteiger partial charge in [0.05, 0.1) is 0 Å².